The van der Waals surface area contributed by atoms with Gasteiger partial charge in [-0.15, -0.1) is 0 Å². The van der Waals surface area contributed by atoms with Crippen molar-refractivity contribution >= 4 is 23.2 Å². The SMILES string of the molecule is C[C@H](NC(=O)c1cc(Cl)cc(C2(C#N)CC2)c1)c1ncnn1-c1ccc([N+](=O)[O-])cn1. The molecule has 0 spiro atoms. The van der Waals surface area contributed by atoms with Gasteiger partial charge in [-0.3, -0.25) is 14.9 Å². The number of nitrogens with one attached hydrogen (secondary N) is 1. The van der Waals surface area contributed by atoms with Gasteiger partial charge in [-0.05, 0) is 49.6 Å². The molecule has 1 atom stereocenters. The van der Waals surface area contributed by atoms with Crippen LogP contribution in [0.1, 0.15) is 47.6 Å². The first-order chi connectivity index (χ1) is 14.8. The largest absolute Gasteiger partial charge is 0.342 e. The molecule has 10 nitrogen and oxygen atoms in total. The Morgan fingerprint density at radius 1 is 1.35 bits per heavy atom. The maximum absolute atomic E-state index is 12.9. The van der Waals surface area contributed by atoms with Crippen molar-refractivity contribution in [2.75, 3.05) is 0 Å². The number of rotatable bonds is 6. The number of amides is 1. The van der Waals surface area contributed by atoms with Crippen LogP contribution in [0.25, 0.3) is 5.82 Å². The van der Waals surface area contributed by atoms with Gasteiger partial charge in [0.1, 0.15) is 12.5 Å². The van der Waals surface area contributed by atoms with Crippen molar-refractivity contribution in [3.05, 3.63) is 74.9 Å². The number of carbonyl (C=O) groups excluding carboxylic acids is 1. The van der Waals surface area contributed by atoms with Crippen LogP contribution in [-0.2, 0) is 5.41 Å². The van der Waals surface area contributed by atoms with Crippen LogP contribution >= 0.6 is 11.6 Å². The van der Waals surface area contributed by atoms with Crippen molar-refractivity contribution in [1.29, 1.82) is 5.26 Å². The Morgan fingerprint density at radius 2 is 2.13 bits per heavy atom. The van der Waals surface area contributed by atoms with Gasteiger partial charge >= 0.3 is 0 Å². The highest BCUT2D eigenvalue weighted by Crippen LogP contribution is 2.48. The van der Waals surface area contributed by atoms with Crippen molar-refractivity contribution < 1.29 is 9.72 Å². The molecule has 156 valence electrons. The molecule has 1 amide bonds. The van der Waals surface area contributed by atoms with E-state index in [0.29, 0.717) is 22.2 Å². The Morgan fingerprint density at radius 3 is 2.74 bits per heavy atom. The van der Waals surface area contributed by atoms with Crippen molar-refractivity contribution in [1.82, 2.24) is 25.1 Å². The fourth-order valence-corrected chi connectivity index (χ4v) is 3.50. The lowest BCUT2D eigenvalue weighted by molar-refractivity contribution is -0.385. The Bertz CT molecular complexity index is 1210. The summed E-state index contributed by atoms with van der Waals surface area (Å²) in [6.07, 6.45) is 3.92. The predicted octanol–water partition coefficient (Wildman–Crippen LogP) is 3.27. The molecular weight excluding hydrogens is 422 g/mol. The van der Waals surface area contributed by atoms with Gasteiger partial charge in [-0.1, -0.05) is 11.6 Å². The summed E-state index contributed by atoms with van der Waals surface area (Å²) in [7, 11) is 0. The fourth-order valence-electron chi connectivity index (χ4n) is 3.27. The molecule has 0 radical (unpaired) electrons. The van der Waals surface area contributed by atoms with Gasteiger partial charge in [0, 0.05) is 16.7 Å². The fraction of sp³-hybridized carbons (Fsp3) is 0.250. The smallest absolute Gasteiger partial charge is 0.287 e. The van der Waals surface area contributed by atoms with Crippen molar-refractivity contribution in [2.45, 2.75) is 31.2 Å². The molecule has 0 saturated heterocycles. The molecule has 1 aromatic carbocycles. The Kier molecular flexibility index (Phi) is 5.12. The highest BCUT2D eigenvalue weighted by molar-refractivity contribution is 6.31. The van der Waals surface area contributed by atoms with E-state index < -0.39 is 16.4 Å². The predicted molar refractivity (Wildman–Crippen MR) is 110 cm³/mol. The lowest BCUT2D eigenvalue weighted by Gasteiger charge is -2.15. The molecule has 4 rings (SSSR count). The van der Waals surface area contributed by atoms with Crippen LogP contribution in [0.15, 0.2) is 42.9 Å². The van der Waals surface area contributed by atoms with E-state index in [-0.39, 0.29) is 11.6 Å². The van der Waals surface area contributed by atoms with Gasteiger partial charge in [-0.2, -0.15) is 15.0 Å². The molecule has 3 aromatic rings. The number of halogens is 1. The zero-order valence-corrected chi connectivity index (χ0v) is 17.1. The second-order valence-corrected chi connectivity index (χ2v) is 7.72. The summed E-state index contributed by atoms with van der Waals surface area (Å²) < 4.78 is 1.40. The second kappa shape index (κ2) is 7.77. The highest BCUT2D eigenvalue weighted by atomic mass is 35.5. The molecule has 31 heavy (non-hydrogen) atoms. The molecule has 11 heteroatoms. The maximum Gasteiger partial charge on any atom is 0.287 e. The van der Waals surface area contributed by atoms with Crippen molar-refractivity contribution in [2.24, 2.45) is 0 Å². The average molecular weight is 438 g/mol. The van der Waals surface area contributed by atoms with Gasteiger partial charge in [0.2, 0.25) is 0 Å². The van der Waals surface area contributed by atoms with E-state index >= 15 is 0 Å². The molecule has 1 N–H and O–H groups in total. The number of hydrogen-bond donors (Lipinski definition) is 1. The molecule has 1 aliphatic carbocycles. The lowest BCUT2D eigenvalue weighted by atomic mass is 9.95. The van der Waals surface area contributed by atoms with Crippen LogP contribution in [0.4, 0.5) is 5.69 Å². The van der Waals surface area contributed by atoms with Crippen LogP contribution in [-0.4, -0.2) is 30.6 Å². The third-order valence-electron chi connectivity index (χ3n) is 5.15. The third-order valence-corrected chi connectivity index (χ3v) is 5.36. The first-order valence-electron chi connectivity index (χ1n) is 9.37. The van der Waals surface area contributed by atoms with E-state index in [9.17, 15) is 20.2 Å². The molecular formula is C20H16ClN7O3. The summed E-state index contributed by atoms with van der Waals surface area (Å²) in [6.45, 7) is 1.73. The zero-order chi connectivity index (χ0) is 22.2. The number of aromatic nitrogens is 4. The molecule has 0 unspecified atom stereocenters. The van der Waals surface area contributed by atoms with E-state index in [0.717, 1.165) is 24.6 Å². The van der Waals surface area contributed by atoms with Crippen LogP contribution in [0, 0.1) is 21.4 Å². The van der Waals surface area contributed by atoms with Crippen LogP contribution < -0.4 is 5.32 Å². The summed E-state index contributed by atoms with van der Waals surface area (Å²) in [5, 5.41) is 27.6. The van der Waals surface area contributed by atoms with Gasteiger partial charge < -0.3 is 5.32 Å². The van der Waals surface area contributed by atoms with Gasteiger partial charge in [0.05, 0.1) is 22.4 Å². The number of pyridine rings is 1. The summed E-state index contributed by atoms with van der Waals surface area (Å²) in [5.41, 5.74) is 0.371. The average Bonchev–Trinajstić information content (AvgIpc) is 3.41. The second-order valence-electron chi connectivity index (χ2n) is 7.28. The number of benzene rings is 1. The Balaban J connectivity index is 1.55. The minimum atomic E-state index is -0.562. The van der Waals surface area contributed by atoms with E-state index in [1.165, 1.54) is 23.1 Å². The Labute approximate surface area is 181 Å². The summed E-state index contributed by atoms with van der Waals surface area (Å²) >= 11 is 6.19. The summed E-state index contributed by atoms with van der Waals surface area (Å²) in [6, 6.07) is 9.46. The number of nitro groups is 1. The van der Waals surface area contributed by atoms with Crippen LogP contribution in [0.5, 0.6) is 0 Å². The van der Waals surface area contributed by atoms with E-state index in [1.54, 1.807) is 25.1 Å². The summed E-state index contributed by atoms with van der Waals surface area (Å²) in [4.78, 5) is 31.4. The monoisotopic (exact) mass is 437 g/mol. The molecule has 2 heterocycles. The number of carbonyl (C=O) groups is 1. The van der Waals surface area contributed by atoms with E-state index in [4.69, 9.17) is 11.6 Å². The molecule has 0 bridgehead atoms. The minimum Gasteiger partial charge on any atom is -0.342 e. The van der Waals surface area contributed by atoms with Crippen LogP contribution in [0.3, 0.4) is 0 Å². The highest BCUT2D eigenvalue weighted by Gasteiger charge is 2.45. The zero-order valence-electron chi connectivity index (χ0n) is 16.3. The van der Waals surface area contributed by atoms with Gasteiger partial charge in [0.25, 0.3) is 11.6 Å². The summed E-state index contributed by atoms with van der Waals surface area (Å²) in [5.74, 6) is 0.345. The van der Waals surface area contributed by atoms with Crippen molar-refractivity contribution in [3.63, 3.8) is 0 Å². The van der Waals surface area contributed by atoms with Crippen LogP contribution in [0.2, 0.25) is 5.02 Å². The molecule has 1 fully saturated rings. The Hall–Kier alpha value is -3.84. The van der Waals surface area contributed by atoms with E-state index in [1.807, 2.05) is 0 Å². The quantitative estimate of drug-likeness (QED) is 0.461. The normalized spacial score (nSPS) is 15.0. The lowest BCUT2D eigenvalue weighted by Crippen LogP contribution is -2.29. The maximum atomic E-state index is 12.9. The van der Waals surface area contributed by atoms with Gasteiger partial charge in [-0.25, -0.2) is 9.97 Å². The molecule has 0 aliphatic heterocycles. The van der Waals surface area contributed by atoms with Crippen molar-refractivity contribution in [3.8, 4) is 11.9 Å². The number of hydrogen-bond acceptors (Lipinski definition) is 7. The van der Waals surface area contributed by atoms with E-state index in [2.05, 4.69) is 26.5 Å². The molecule has 1 aliphatic rings. The standard InChI is InChI=1S/C20H16ClN7O3/c1-12(18-24-11-25-27(18)17-3-2-16(9-23-17)28(30)31)26-19(29)13-6-14(8-15(21)7-13)20(10-22)4-5-20/h2-3,6-9,11-12H,4-5H2,1H3,(H,26,29)/t12-/m0/s1. The minimum absolute atomic E-state index is 0.144. The first kappa shape index (κ1) is 20.4. The third kappa shape index (κ3) is 3.95. The molecule has 2 aromatic heterocycles. The van der Waals surface area contributed by atoms with Gasteiger partial charge in [0.15, 0.2) is 11.6 Å². The first-order valence-corrected chi connectivity index (χ1v) is 9.75. The molecule has 1 saturated carbocycles. The number of nitriles is 1. The topological polar surface area (TPSA) is 140 Å². The number of nitrogens with zero attached hydrogens (tertiary/aromatic N) is 6.